The Balaban J connectivity index is 2.08. The highest BCUT2D eigenvalue weighted by Crippen LogP contribution is 2.16. The van der Waals surface area contributed by atoms with Gasteiger partial charge in [-0.3, -0.25) is 0 Å². The number of phenols is 1. The zero-order valence-electron chi connectivity index (χ0n) is 10.7. The summed E-state index contributed by atoms with van der Waals surface area (Å²) in [6, 6.07) is 11.7. The predicted molar refractivity (Wildman–Crippen MR) is 70.8 cm³/mol. The number of esters is 2. The molecule has 0 amide bonds. The van der Waals surface area contributed by atoms with Crippen LogP contribution in [0.25, 0.3) is 0 Å². The van der Waals surface area contributed by atoms with Crippen LogP contribution < -0.4 is 4.74 Å². The number of benzene rings is 2. The smallest absolute Gasteiger partial charge is 0.343 e. The highest BCUT2D eigenvalue weighted by atomic mass is 16.5. The molecule has 2 aromatic carbocycles. The summed E-state index contributed by atoms with van der Waals surface area (Å²) in [5.74, 6) is -0.614. The SMILES string of the molecule is COC(=O)c1ccc(OC(=O)c2ccc(O)cc2)cc1. The molecule has 0 bridgehead atoms. The van der Waals surface area contributed by atoms with Gasteiger partial charge < -0.3 is 14.6 Å². The van der Waals surface area contributed by atoms with E-state index in [1.807, 2.05) is 0 Å². The third kappa shape index (κ3) is 3.14. The Morgan fingerprint density at radius 2 is 1.35 bits per heavy atom. The Morgan fingerprint density at radius 3 is 1.90 bits per heavy atom. The largest absolute Gasteiger partial charge is 0.508 e. The molecule has 0 unspecified atom stereocenters. The third-order valence-electron chi connectivity index (χ3n) is 2.59. The summed E-state index contributed by atoms with van der Waals surface area (Å²) in [5, 5.41) is 9.14. The maximum Gasteiger partial charge on any atom is 0.343 e. The highest BCUT2D eigenvalue weighted by molar-refractivity contribution is 5.92. The Morgan fingerprint density at radius 1 is 0.850 bits per heavy atom. The van der Waals surface area contributed by atoms with Gasteiger partial charge in [0.15, 0.2) is 0 Å². The van der Waals surface area contributed by atoms with Gasteiger partial charge in [0.25, 0.3) is 0 Å². The molecule has 0 saturated heterocycles. The lowest BCUT2D eigenvalue weighted by molar-refractivity contribution is 0.0600. The first-order valence-electron chi connectivity index (χ1n) is 5.80. The van der Waals surface area contributed by atoms with Gasteiger partial charge in [-0.05, 0) is 48.5 Å². The van der Waals surface area contributed by atoms with E-state index in [-0.39, 0.29) is 5.75 Å². The monoisotopic (exact) mass is 272 g/mol. The standard InChI is InChI=1S/C15H12O5/c1-19-14(17)10-4-8-13(9-5-10)20-15(18)11-2-6-12(16)7-3-11/h2-9,16H,1H3. The molecule has 0 atom stereocenters. The van der Waals surface area contributed by atoms with E-state index in [0.29, 0.717) is 16.9 Å². The molecule has 2 rings (SSSR count). The third-order valence-corrected chi connectivity index (χ3v) is 2.59. The highest BCUT2D eigenvalue weighted by Gasteiger charge is 2.10. The maximum atomic E-state index is 11.8. The van der Waals surface area contributed by atoms with E-state index >= 15 is 0 Å². The average molecular weight is 272 g/mol. The van der Waals surface area contributed by atoms with Gasteiger partial charge in [-0.1, -0.05) is 0 Å². The van der Waals surface area contributed by atoms with Gasteiger partial charge in [-0.15, -0.1) is 0 Å². The topological polar surface area (TPSA) is 72.8 Å². The Kier molecular flexibility index (Phi) is 4.00. The van der Waals surface area contributed by atoms with Crippen molar-refractivity contribution < 1.29 is 24.2 Å². The second-order valence-electron chi connectivity index (χ2n) is 3.95. The molecule has 0 heterocycles. The Labute approximate surface area is 115 Å². The Bertz CT molecular complexity index is 614. The fourth-order valence-corrected chi connectivity index (χ4v) is 1.54. The van der Waals surface area contributed by atoms with Crippen molar-refractivity contribution >= 4 is 11.9 Å². The minimum absolute atomic E-state index is 0.0731. The number of phenolic OH excluding ortho intramolecular Hbond substituents is 1. The summed E-state index contributed by atoms with van der Waals surface area (Å²) in [4.78, 5) is 23.1. The van der Waals surface area contributed by atoms with Crippen LogP contribution in [0, 0.1) is 0 Å². The van der Waals surface area contributed by atoms with E-state index in [9.17, 15) is 9.59 Å². The van der Waals surface area contributed by atoms with Crippen LogP contribution in [0.15, 0.2) is 48.5 Å². The number of methoxy groups -OCH3 is 1. The van der Waals surface area contributed by atoms with Crippen molar-refractivity contribution in [3.63, 3.8) is 0 Å². The lowest BCUT2D eigenvalue weighted by Crippen LogP contribution is -2.08. The molecule has 2 aromatic rings. The first-order chi connectivity index (χ1) is 9.60. The summed E-state index contributed by atoms with van der Waals surface area (Å²) in [7, 11) is 1.29. The number of carbonyl (C=O) groups is 2. The van der Waals surface area contributed by atoms with Crippen molar-refractivity contribution in [2.24, 2.45) is 0 Å². The molecule has 0 aliphatic heterocycles. The van der Waals surface area contributed by atoms with Crippen molar-refractivity contribution in [3.8, 4) is 11.5 Å². The Hall–Kier alpha value is -2.82. The number of ether oxygens (including phenoxy) is 2. The maximum absolute atomic E-state index is 11.8. The molecule has 0 saturated carbocycles. The molecule has 0 fully saturated rings. The number of hydrogen-bond donors (Lipinski definition) is 1. The van der Waals surface area contributed by atoms with Crippen LogP contribution in [-0.2, 0) is 4.74 Å². The fraction of sp³-hybridized carbons (Fsp3) is 0.0667. The first-order valence-corrected chi connectivity index (χ1v) is 5.80. The number of aromatic hydroxyl groups is 1. The average Bonchev–Trinajstić information content (AvgIpc) is 2.48. The van der Waals surface area contributed by atoms with Gasteiger partial charge in [0.1, 0.15) is 11.5 Å². The summed E-state index contributed by atoms with van der Waals surface area (Å²) >= 11 is 0. The first kappa shape index (κ1) is 13.6. The molecule has 0 aliphatic rings. The van der Waals surface area contributed by atoms with E-state index in [2.05, 4.69) is 4.74 Å². The lowest BCUT2D eigenvalue weighted by atomic mass is 10.2. The van der Waals surface area contributed by atoms with E-state index in [1.165, 1.54) is 55.6 Å². The molecule has 0 aromatic heterocycles. The van der Waals surface area contributed by atoms with Crippen molar-refractivity contribution in [1.82, 2.24) is 0 Å². The van der Waals surface area contributed by atoms with Gasteiger partial charge in [-0.2, -0.15) is 0 Å². The molecule has 0 spiro atoms. The van der Waals surface area contributed by atoms with Crippen molar-refractivity contribution in [3.05, 3.63) is 59.7 Å². The normalized spacial score (nSPS) is 9.85. The van der Waals surface area contributed by atoms with E-state index in [1.54, 1.807) is 0 Å². The van der Waals surface area contributed by atoms with E-state index in [0.717, 1.165) is 0 Å². The quantitative estimate of drug-likeness (QED) is 0.686. The number of carbonyl (C=O) groups excluding carboxylic acids is 2. The molecular formula is C15H12O5. The van der Waals surface area contributed by atoms with Crippen molar-refractivity contribution in [2.45, 2.75) is 0 Å². The minimum atomic E-state index is -0.546. The number of hydrogen-bond acceptors (Lipinski definition) is 5. The van der Waals surface area contributed by atoms with Gasteiger partial charge >= 0.3 is 11.9 Å². The van der Waals surface area contributed by atoms with Crippen LogP contribution in [0.2, 0.25) is 0 Å². The summed E-state index contributed by atoms with van der Waals surface area (Å²) in [5.41, 5.74) is 0.691. The molecule has 20 heavy (non-hydrogen) atoms. The molecule has 5 heteroatoms. The predicted octanol–water partition coefficient (Wildman–Crippen LogP) is 2.40. The van der Waals surface area contributed by atoms with Gasteiger partial charge in [0.05, 0.1) is 18.2 Å². The zero-order chi connectivity index (χ0) is 14.5. The second kappa shape index (κ2) is 5.88. The van der Waals surface area contributed by atoms with Gasteiger partial charge in [0, 0.05) is 0 Å². The van der Waals surface area contributed by atoms with Crippen molar-refractivity contribution in [2.75, 3.05) is 7.11 Å². The van der Waals surface area contributed by atoms with Crippen LogP contribution in [0.1, 0.15) is 20.7 Å². The summed E-state index contributed by atoms with van der Waals surface area (Å²) in [6.45, 7) is 0. The molecule has 1 N–H and O–H groups in total. The molecular weight excluding hydrogens is 260 g/mol. The van der Waals surface area contributed by atoms with E-state index in [4.69, 9.17) is 9.84 Å². The van der Waals surface area contributed by atoms with Crippen molar-refractivity contribution in [1.29, 1.82) is 0 Å². The van der Waals surface area contributed by atoms with E-state index < -0.39 is 11.9 Å². The molecule has 102 valence electrons. The summed E-state index contributed by atoms with van der Waals surface area (Å²) in [6.07, 6.45) is 0. The fourth-order valence-electron chi connectivity index (χ4n) is 1.54. The second-order valence-corrected chi connectivity index (χ2v) is 3.95. The molecule has 5 nitrogen and oxygen atoms in total. The zero-order valence-corrected chi connectivity index (χ0v) is 10.7. The van der Waals surface area contributed by atoms with Crippen LogP contribution in [0.5, 0.6) is 11.5 Å². The van der Waals surface area contributed by atoms with Gasteiger partial charge in [0.2, 0.25) is 0 Å². The molecule has 0 radical (unpaired) electrons. The van der Waals surface area contributed by atoms with Gasteiger partial charge in [-0.25, -0.2) is 9.59 Å². The summed E-state index contributed by atoms with van der Waals surface area (Å²) < 4.78 is 9.70. The van der Waals surface area contributed by atoms with Crippen LogP contribution in [0.3, 0.4) is 0 Å². The van der Waals surface area contributed by atoms with Crippen LogP contribution >= 0.6 is 0 Å². The van der Waals surface area contributed by atoms with Crippen LogP contribution in [0.4, 0.5) is 0 Å². The van der Waals surface area contributed by atoms with Crippen LogP contribution in [-0.4, -0.2) is 24.2 Å². The minimum Gasteiger partial charge on any atom is -0.508 e. The number of rotatable bonds is 3. The lowest BCUT2D eigenvalue weighted by Gasteiger charge is -2.05. The molecule has 0 aliphatic carbocycles.